The van der Waals surface area contributed by atoms with Gasteiger partial charge in [0, 0.05) is 0 Å². The molecular weight excluding hydrogens is 522 g/mol. The van der Waals surface area contributed by atoms with Crippen LogP contribution in [0.5, 0.6) is 0 Å². The predicted octanol–water partition coefficient (Wildman–Crippen LogP) is 3.91. The molecule has 29 heavy (non-hydrogen) atoms. The molecule has 4 aromatic carbocycles. The summed E-state index contributed by atoms with van der Waals surface area (Å²) in [6, 6.07) is 43.1. The van der Waals surface area contributed by atoms with Crippen molar-refractivity contribution in [1.82, 2.24) is 4.86 Å². The van der Waals surface area contributed by atoms with Crippen molar-refractivity contribution in [1.29, 1.82) is 0 Å². The van der Waals surface area contributed by atoms with Crippen LogP contribution in [0.4, 0.5) is 0 Å². The Hall–Kier alpha value is -1.26. The molecule has 4 aromatic rings. The second-order valence-corrected chi connectivity index (χ2v) is 18.9. The average Bonchev–Trinajstić information content (AvgIpc) is 2.81. The first-order valence-electron chi connectivity index (χ1n) is 9.35. The van der Waals surface area contributed by atoms with Crippen LogP contribution in [0, 0.1) is 0 Å². The summed E-state index contributed by atoms with van der Waals surface area (Å²) in [5.74, 6) is 0. The van der Waals surface area contributed by atoms with E-state index in [1.165, 1.54) is 21.2 Å². The van der Waals surface area contributed by atoms with E-state index in [-0.39, 0.29) is 0 Å². The Bertz CT molecular complexity index is 983. The van der Waals surface area contributed by atoms with Gasteiger partial charge in [-0.15, -0.1) is 0 Å². The van der Waals surface area contributed by atoms with Crippen LogP contribution < -0.4 is 26.1 Å². The Morgan fingerprint density at radius 1 is 0.379 bits per heavy atom. The van der Waals surface area contributed by atoms with Gasteiger partial charge in [-0.3, -0.25) is 0 Å². The maximum absolute atomic E-state index is 4.18. The molecule has 0 bridgehead atoms. The third-order valence-electron chi connectivity index (χ3n) is 4.76. The van der Waals surface area contributed by atoms with E-state index in [4.69, 9.17) is 0 Å². The van der Waals surface area contributed by atoms with Gasteiger partial charge in [0.25, 0.3) is 0 Å². The molecule has 4 rings (SSSR count). The van der Waals surface area contributed by atoms with Gasteiger partial charge in [0.05, 0.1) is 0 Å². The van der Waals surface area contributed by atoms with Crippen molar-refractivity contribution in [2.75, 3.05) is 0 Å². The second-order valence-electron chi connectivity index (χ2n) is 6.66. The third-order valence-corrected chi connectivity index (χ3v) is 19.5. The van der Waals surface area contributed by atoms with E-state index in [9.17, 15) is 0 Å². The van der Waals surface area contributed by atoms with E-state index < -0.39 is 11.3 Å². The summed E-state index contributed by atoms with van der Waals surface area (Å²) in [5, 5.41) is 5.21. The van der Waals surface area contributed by atoms with Crippen LogP contribution in [0.2, 0.25) is 0 Å². The molecular formula is C24H21NP2Se2. The molecule has 0 spiro atoms. The van der Waals surface area contributed by atoms with E-state index in [2.05, 4.69) is 156 Å². The fraction of sp³-hybridized carbons (Fsp3) is 0. The maximum atomic E-state index is 4.18. The molecule has 144 valence electrons. The van der Waals surface area contributed by atoms with Gasteiger partial charge in [-0.05, 0) is 0 Å². The van der Waals surface area contributed by atoms with Crippen LogP contribution in [-0.4, -0.2) is 30.2 Å². The number of hydrogen-bond donors (Lipinski definition) is 1. The summed E-state index contributed by atoms with van der Waals surface area (Å²) < 4.78 is 0. The molecule has 0 heterocycles. The molecule has 0 saturated heterocycles. The predicted molar refractivity (Wildman–Crippen MR) is 133 cm³/mol. The van der Waals surface area contributed by atoms with E-state index in [0.717, 1.165) is 0 Å². The Kier molecular flexibility index (Phi) is 6.70. The molecule has 0 aliphatic rings. The zero-order valence-electron chi connectivity index (χ0n) is 15.8. The molecule has 0 saturated carbocycles. The molecule has 0 unspecified atom stereocenters. The molecule has 1 N–H and O–H groups in total. The number of nitrogens with one attached hydrogen (secondary N) is 1. The van der Waals surface area contributed by atoms with Gasteiger partial charge in [0.1, 0.15) is 0 Å². The van der Waals surface area contributed by atoms with Crippen molar-refractivity contribution < 1.29 is 0 Å². The van der Waals surface area contributed by atoms with Crippen molar-refractivity contribution >= 4 is 62.7 Å². The van der Waals surface area contributed by atoms with Gasteiger partial charge in [0.2, 0.25) is 0 Å². The van der Waals surface area contributed by atoms with Gasteiger partial charge < -0.3 is 0 Å². The molecule has 0 fully saturated rings. The van der Waals surface area contributed by atoms with E-state index in [1.54, 1.807) is 0 Å². The monoisotopic (exact) mass is 545 g/mol. The van der Waals surface area contributed by atoms with Crippen LogP contribution in [0.25, 0.3) is 0 Å². The molecule has 0 aliphatic carbocycles. The summed E-state index contributed by atoms with van der Waals surface area (Å²) in [6.45, 7) is 0. The normalized spacial score (nSPS) is 11.9. The molecule has 5 heteroatoms. The van der Waals surface area contributed by atoms with Crippen molar-refractivity contribution in [2.45, 2.75) is 0 Å². The Morgan fingerprint density at radius 3 is 0.793 bits per heavy atom. The Balaban J connectivity index is 1.93. The topological polar surface area (TPSA) is 12.0 Å². The van der Waals surface area contributed by atoms with Crippen LogP contribution >= 0.6 is 11.3 Å². The van der Waals surface area contributed by atoms with Crippen LogP contribution in [0.1, 0.15) is 0 Å². The molecule has 0 radical (unpaired) electrons. The van der Waals surface area contributed by atoms with E-state index in [1.807, 2.05) is 0 Å². The van der Waals surface area contributed by atoms with E-state index in [0.29, 0.717) is 0 Å². The molecule has 1 nitrogen and oxygen atoms in total. The Labute approximate surface area is 188 Å². The molecule has 0 aliphatic heterocycles. The van der Waals surface area contributed by atoms with Gasteiger partial charge in [0.15, 0.2) is 0 Å². The first-order valence-corrected chi connectivity index (χ1v) is 17.4. The fourth-order valence-corrected chi connectivity index (χ4v) is 19.7. The fourth-order valence-electron chi connectivity index (χ4n) is 3.28. The molecule has 0 aromatic heterocycles. The zero-order chi connectivity index (χ0) is 20.2. The van der Waals surface area contributed by atoms with Crippen LogP contribution in [-0.2, 0) is 0 Å². The standard InChI is InChI=1S/C24H21NP2Se2/c28-26(21-13-5-1-6-14-21,22-15-7-2-8-16-22)25-27(29,23-17-9-3-10-18-23)24-19-11-4-12-20-24/h1-20H,(H,25,28,29). The first-order chi connectivity index (χ1) is 14.1. The van der Waals surface area contributed by atoms with Gasteiger partial charge >= 0.3 is 189 Å². The summed E-state index contributed by atoms with van der Waals surface area (Å²) in [6.07, 6.45) is 0. The minimum absolute atomic E-state index is 1.30. The first kappa shape index (κ1) is 21.0. The van der Waals surface area contributed by atoms with Crippen LogP contribution in [0.3, 0.4) is 0 Å². The average molecular weight is 543 g/mol. The van der Waals surface area contributed by atoms with E-state index >= 15 is 0 Å². The molecule has 0 atom stereocenters. The summed E-state index contributed by atoms with van der Waals surface area (Å²) in [5.41, 5.74) is -3.97. The molecule has 0 amide bonds. The summed E-state index contributed by atoms with van der Waals surface area (Å²) >= 11 is 7.25. The van der Waals surface area contributed by atoms with Crippen LogP contribution in [0.15, 0.2) is 121 Å². The van der Waals surface area contributed by atoms with Crippen molar-refractivity contribution in [3.63, 3.8) is 0 Å². The number of benzene rings is 4. The SMILES string of the molecule is [Se]=P(NP(=[Se])(c1ccccc1)c1ccccc1)(c1ccccc1)c1ccccc1. The van der Waals surface area contributed by atoms with Crippen molar-refractivity contribution in [2.24, 2.45) is 0 Å². The van der Waals surface area contributed by atoms with Gasteiger partial charge in [-0.1, -0.05) is 0 Å². The van der Waals surface area contributed by atoms with Gasteiger partial charge in [-0.2, -0.15) is 0 Å². The van der Waals surface area contributed by atoms with Gasteiger partial charge in [-0.25, -0.2) is 0 Å². The van der Waals surface area contributed by atoms with Crippen molar-refractivity contribution in [3.8, 4) is 0 Å². The van der Waals surface area contributed by atoms with Crippen molar-refractivity contribution in [3.05, 3.63) is 121 Å². The minimum atomic E-state index is -1.98. The summed E-state index contributed by atoms with van der Waals surface area (Å²) in [4.78, 5) is 4.18. The number of rotatable bonds is 6. The Morgan fingerprint density at radius 2 is 0.586 bits per heavy atom. The summed E-state index contributed by atoms with van der Waals surface area (Å²) in [7, 11) is 0. The quantitative estimate of drug-likeness (QED) is 0.288. The second kappa shape index (κ2) is 9.26. The third kappa shape index (κ3) is 4.44. The zero-order valence-corrected chi connectivity index (χ0v) is 21.0. The number of hydrogen-bond acceptors (Lipinski definition) is 1.